The minimum atomic E-state index is -4.65. The van der Waals surface area contributed by atoms with Crippen LogP contribution in [0.25, 0.3) is 11.4 Å². The van der Waals surface area contributed by atoms with E-state index < -0.39 is 29.3 Å². The summed E-state index contributed by atoms with van der Waals surface area (Å²) in [6, 6.07) is 5.29. The number of pyridine rings is 1. The largest absolute Gasteiger partial charge is 0.417 e. The molecule has 3 rings (SSSR count). The van der Waals surface area contributed by atoms with E-state index in [1.54, 1.807) is 4.90 Å². The molecule has 0 spiro atoms. The van der Waals surface area contributed by atoms with Gasteiger partial charge in [0.15, 0.2) is 5.82 Å². The summed E-state index contributed by atoms with van der Waals surface area (Å²) < 4.78 is 67.0. The average Bonchev–Trinajstić information content (AvgIpc) is 2.88. The number of nitrogens with one attached hydrogen (secondary N) is 1. The topological polar surface area (TPSA) is 88.1 Å². The first-order chi connectivity index (χ1) is 18.0. The lowest BCUT2D eigenvalue weighted by atomic mass is 10.1. The van der Waals surface area contributed by atoms with E-state index in [0.29, 0.717) is 19.3 Å². The maximum absolute atomic E-state index is 14.1. The molecule has 0 aliphatic carbocycles. The van der Waals surface area contributed by atoms with Gasteiger partial charge in [-0.2, -0.15) is 13.2 Å². The van der Waals surface area contributed by atoms with Crippen LogP contribution in [0.4, 0.5) is 22.0 Å². The van der Waals surface area contributed by atoms with Crippen LogP contribution in [0.15, 0.2) is 42.7 Å². The highest BCUT2D eigenvalue weighted by Crippen LogP contribution is 2.30. The number of hydrogen-bond acceptors (Lipinski definition) is 5. The summed E-state index contributed by atoms with van der Waals surface area (Å²) in [5.41, 5.74) is -0.773. The number of nitrogens with zero attached hydrogens (tertiary/aromatic N) is 4. The predicted octanol–water partition coefficient (Wildman–Crippen LogP) is 4.61. The van der Waals surface area contributed by atoms with Crippen LogP contribution in [0.2, 0.25) is 0 Å². The van der Waals surface area contributed by atoms with Crippen molar-refractivity contribution in [1.82, 2.24) is 25.2 Å². The number of benzene rings is 1. The van der Waals surface area contributed by atoms with Crippen molar-refractivity contribution in [2.45, 2.75) is 39.3 Å². The summed E-state index contributed by atoms with van der Waals surface area (Å²) in [6.45, 7) is 4.76. The number of amides is 2. The minimum absolute atomic E-state index is 0.0226. The van der Waals surface area contributed by atoms with Crippen LogP contribution in [0, 0.1) is 11.6 Å². The van der Waals surface area contributed by atoms with Crippen LogP contribution in [0.1, 0.15) is 47.6 Å². The van der Waals surface area contributed by atoms with Crippen molar-refractivity contribution in [3.8, 4) is 11.4 Å². The van der Waals surface area contributed by atoms with Crippen molar-refractivity contribution < 1.29 is 31.5 Å². The van der Waals surface area contributed by atoms with Crippen LogP contribution in [0.3, 0.4) is 0 Å². The van der Waals surface area contributed by atoms with Crippen molar-refractivity contribution in [1.29, 1.82) is 0 Å². The normalized spacial score (nSPS) is 11.3. The molecule has 0 atom stereocenters. The fourth-order valence-corrected chi connectivity index (χ4v) is 3.68. The fraction of sp³-hybridized carbons (Fsp3) is 0.346. The zero-order valence-corrected chi connectivity index (χ0v) is 20.8. The highest BCUT2D eigenvalue weighted by Gasteiger charge is 2.31. The summed E-state index contributed by atoms with van der Waals surface area (Å²) in [4.78, 5) is 38.7. The van der Waals surface area contributed by atoms with Gasteiger partial charge < -0.3 is 10.2 Å². The predicted molar refractivity (Wildman–Crippen MR) is 129 cm³/mol. The molecule has 1 aromatic carbocycles. The molecule has 0 unspecified atom stereocenters. The molecule has 0 fully saturated rings. The van der Waals surface area contributed by atoms with Gasteiger partial charge in [0, 0.05) is 55.8 Å². The molecular weight excluding hydrogens is 509 g/mol. The summed E-state index contributed by atoms with van der Waals surface area (Å²) in [6.07, 6.45) is -2.63. The number of rotatable bonds is 10. The lowest BCUT2D eigenvalue weighted by Crippen LogP contribution is -2.34. The van der Waals surface area contributed by atoms with Gasteiger partial charge in [-0.3, -0.25) is 14.6 Å². The summed E-state index contributed by atoms with van der Waals surface area (Å²) >= 11 is 0. The highest BCUT2D eigenvalue weighted by atomic mass is 19.4. The number of hydrogen-bond donors (Lipinski definition) is 1. The summed E-state index contributed by atoms with van der Waals surface area (Å²) in [5, 5.41) is 2.59. The zero-order chi connectivity index (χ0) is 27.9. The van der Waals surface area contributed by atoms with Gasteiger partial charge in [0.05, 0.1) is 5.56 Å². The number of aryl methyl sites for hydroxylation is 2. The van der Waals surface area contributed by atoms with Gasteiger partial charge in [0.1, 0.15) is 17.3 Å². The smallest absolute Gasteiger partial charge is 0.350 e. The molecule has 0 saturated heterocycles. The number of alkyl halides is 3. The lowest BCUT2D eigenvalue weighted by Gasteiger charge is -2.18. The Hall–Kier alpha value is -3.96. The molecule has 12 heteroatoms. The molecule has 2 amide bonds. The molecule has 38 heavy (non-hydrogen) atoms. The molecule has 202 valence electrons. The first-order valence-corrected chi connectivity index (χ1v) is 11.9. The number of carbonyl (C=O) groups is 2. The highest BCUT2D eigenvalue weighted by molar-refractivity contribution is 5.93. The molecular formula is C26H26F5N5O2. The summed E-state index contributed by atoms with van der Waals surface area (Å²) in [7, 11) is 0. The first-order valence-electron chi connectivity index (χ1n) is 11.9. The molecule has 2 heterocycles. The molecule has 2 aromatic heterocycles. The van der Waals surface area contributed by atoms with Crippen LogP contribution in [0.5, 0.6) is 0 Å². The Kier molecular flexibility index (Phi) is 9.43. The Morgan fingerprint density at radius 2 is 1.71 bits per heavy atom. The third kappa shape index (κ3) is 7.53. The van der Waals surface area contributed by atoms with Gasteiger partial charge in [-0.1, -0.05) is 6.07 Å². The Morgan fingerprint density at radius 3 is 2.37 bits per heavy atom. The molecule has 1 N–H and O–H groups in total. The number of aromatic nitrogens is 3. The molecule has 0 bridgehead atoms. The Morgan fingerprint density at radius 1 is 0.974 bits per heavy atom. The van der Waals surface area contributed by atoms with Gasteiger partial charge in [-0.05, 0) is 50.5 Å². The third-order valence-corrected chi connectivity index (χ3v) is 5.74. The quantitative estimate of drug-likeness (QED) is 0.383. The second kappa shape index (κ2) is 12.5. The van der Waals surface area contributed by atoms with Gasteiger partial charge in [-0.25, -0.2) is 18.7 Å². The van der Waals surface area contributed by atoms with E-state index in [-0.39, 0.29) is 60.1 Å². The van der Waals surface area contributed by atoms with Crippen LogP contribution in [-0.2, 0) is 23.8 Å². The van der Waals surface area contributed by atoms with Gasteiger partial charge >= 0.3 is 6.18 Å². The molecule has 3 aromatic rings. The second-order valence-electron chi connectivity index (χ2n) is 8.34. The summed E-state index contributed by atoms with van der Waals surface area (Å²) in [5.74, 6) is -2.46. The number of halogens is 5. The first kappa shape index (κ1) is 28.6. The van der Waals surface area contributed by atoms with Gasteiger partial charge in [-0.15, -0.1) is 0 Å². The van der Waals surface area contributed by atoms with Gasteiger partial charge in [0.25, 0.3) is 5.91 Å². The lowest BCUT2D eigenvalue weighted by molar-refractivity contribution is -0.137. The van der Waals surface area contributed by atoms with Crippen LogP contribution < -0.4 is 5.32 Å². The third-order valence-electron chi connectivity index (χ3n) is 5.74. The van der Waals surface area contributed by atoms with E-state index in [1.807, 2.05) is 13.8 Å². The minimum Gasteiger partial charge on any atom is -0.350 e. The second-order valence-corrected chi connectivity index (χ2v) is 8.34. The SMILES string of the molecule is CCN(CC)C(=O)CCNC(=O)c1cc(CCc2ccc(F)cc2F)nc(-c2cncc(C(F)(F)F)c2)n1. The van der Waals surface area contributed by atoms with Crippen molar-refractivity contribution >= 4 is 11.8 Å². The van der Waals surface area contributed by atoms with Crippen molar-refractivity contribution in [2.75, 3.05) is 19.6 Å². The van der Waals surface area contributed by atoms with E-state index in [4.69, 9.17) is 0 Å². The standard InChI is InChI=1S/C26H26F5N5O2/c1-3-36(4-2)23(37)9-10-33-25(38)22-13-20(8-6-16-5-7-19(27)12-21(16)28)34-24(35-22)17-11-18(15-32-14-17)26(29,30)31/h5,7,11-15H,3-4,6,8-10H2,1-2H3,(H,33,38). The Labute approximate surface area is 216 Å². The van der Waals surface area contributed by atoms with E-state index in [1.165, 1.54) is 12.1 Å². The molecule has 0 radical (unpaired) electrons. The fourth-order valence-electron chi connectivity index (χ4n) is 3.68. The van der Waals surface area contributed by atoms with E-state index in [0.717, 1.165) is 24.4 Å². The Bertz CT molecular complexity index is 1300. The average molecular weight is 536 g/mol. The van der Waals surface area contributed by atoms with E-state index in [9.17, 15) is 31.5 Å². The Balaban J connectivity index is 1.88. The van der Waals surface area contributed by atoms with E-state index >= 15 is 0 Å². The maximum atomic E-state index is 14.1. The van der Waals surface area contributed by atoms with Crippen molar-refractivity contribution in [3.63, 3.8) is 0 Å². The number of carbonyl (C=O) groups excluding carboxylic acids is 2. The van der Waals surface area contributed by atoms with Crippen LogP contribution in [-0.4, -0.2) is 51.3 Å². The molecule has 7 nitrogen and oxygen atoms in total. The maximum Gasteiger partial charge on any atom is 0.417 e. The van der Waals surface area contributed by atoms with Crippen LogP contribution >= 0.6 is 0 Å². The van der Waals surface area contributed by atoms with Crippen molar-refractivity contribution in [2.24, 2.45) is 0 Å². The molecule has 0 aliphatic rings. The molecule has 0 saturated carbocycles. The van der Waals surface area contributed by atoms with Gasteiger partial charge in [0.2, 0.25) is 5.91 Å². The zero-order valence-electron chi connectivity index (χ0n) is 20.8. The molecule has 0 aliphatic heterocycles. The van der Waals surface area contributed by atoms with E-state index in [2.05, 4.69) is 20.3 Å². The van der Waals surface area contributed by atoms with Crippen molar-refractivity contribution in [3.05, 3.63) is 76.9 Å². The monoisotopic (exact) mass is 535 g/mol.